The molecule has 1 heterocycles. The molecule has 0 radical (unpaired) electrons. The van der Waals surface area contributed by atoms with Crippen molar-refractivity contribution >= 4 is 5.97 Å². The number of rotatable bonds is 4. The Morgan fingerprint density at radius 1 is 1.44 bits per heavy atom. The fraction of sp³-hybridized carbons (Fsp3) is 0.727. The highest BCUT2D eigenvalue weighted by Gasteiger charge is 2.14. The van der Waals surface area contributed by atoms with Crippen molar-refractivity contribution in [1.82, 2.24) is 15.0 Å². The van der Waals surface area contributed by atoms with E-state index in [1.165, 1.54) is 38.3 Å². The SMILES string of the molecule is O=C(O)c1cn(CCC2CCCCC2)nn1. The quantitative estimate of drug-likeness (QED) is 0.847. The van der Waals surface area contributed by atoms with Crippen molar-refractivity contribution in [1.29, 1.82) is 0 Å². The Hall–Kier alpha value is -1.39. The Morgan fingerprint density at radius 2 is 2.19 bits per heavy atom. The first-order valence-corrected chi connectivity index (χ1v) is 5.89. The molecule has 5 nitrogen and oxygen atoms in total. The van der Waals surface area contributed by atoms with E-state index in [2.05, 4.69) is 10.3 Å². The molecule has 0 aliphatic heterocycles. The summed E-state index contributed by atoms with van der Waals surface area (Å²) in [5.41, 5.74) is 0.0312. The van der Waals surface area contributed by atoms with Crippen molar-refractivity contribution in [3.8, 4) is 0 Å². The minimum Gasteiger partial charge on any atom is -0.476 e. The van der Waals surface area contributed by atoms with Crippen molar-refractivity contribution < 1.29 is 9.90 Å². The second-order valence-electron chi connectivity index (χ2n) is 4.46. The van der Waals surface area contributed by atoms with E-state index in [9.17, 15) is 4.79 Å². The van der Waals surface area contributed by atoms with Crippen LogP contribution >= 0.6 is 0 Å². The molecule has 0 spiro atoms. The maximum absolute atomic E-state index is 10.6. The van der Waals surface area contributed by atoms with Gasteiger partial charge in [0.15, 0.2) is 5.69 Å². The summed E-state index contributed by atoms with van der Waals surface area (Å²) in [6, 6.07) is 0. The Morgan fingerprint density at radius 3 is 2.81 bits per heavy atom. The van der Waals surface area contributed by atoms with E-state index in [-0.39, 0.29) is 5.69 Å². The van der Waals surface area contributed by atoms with Crippen molar-refractivity contribution in [3.05, 3.63) is 11.9 Å². The zero-order chi connectivity index (χ0) is 11.4. The highest BCUT2D eigenvalue weighted by Crippen LogP contribution is 2.26. The molecule has 88 valence electrons. The minimum absolute atomic E-state index is 0.0312. The fourth-order valence-electron chi connectivity index (χ4n) is 2.30. The summed E-state index contributed by atoms with van der Waals surface area (Å²) in [5.74, 6) is -0.227. The molecule has 0 aromatic carbocycles. The van der Waals surface area contributed by atoms with E-state index in [1.54, 1.807) is 4.68 Å². The lowest BCUT2D eigenvalue weighted by molar-refractivity contribution is 0.0690. The first-order valence-electron chi connectivity index (χ1n) is 5.89. The maximum Gasteiger partial charge on any atom is 0.358 e. The average molecular weight is 223 g/mol. The van der Waals surface area contributed by atoms with Crippen LogP contribution in [0, 0.1) is 5.92 Å². The maximum atomic E-state index is 10.6. The smallest absolute Gasteiger partial charge is 0.358 e. The number of carboxylic acids is 1. The van der Waals surface area contributed by atoms with E-state index in [4.69, 9.17) is 5.11 Å². The second-order valence-corrected chi connectivity index (χ2v) is 4.46. The van der Waals surface area contributed by atoms with Gasteiger partial charge in [-0.25, -0.2) is 4.79 Å². The Bertz CT molecular complexity index is 356. The molecule has 0 saturated heterocycles. The number of aromatic carboxylic acids is 1. The summed E-state index contributed by atoms with van der Waals surface area (Å²) in [7, 11) is 0. The van der Waals surface area contributed by atoms with Gasteiger partial charge >= 0.3 is 5.97 Å². The molecule has 0 atom stereocenters. The summed E-state index contributed by atoms with van der Waals surface area (Å²) in [4.78, 5) is 10.6. The molecule has 1 aromatic rings. The molecule has 2 rings (SSSR count). The molecule has 16 heavy (non-hydrogen) atoms. The van der Waals surface area contributed by atoms with Crippen molar-refractivity contribution in [2.75, 3.05) is 0 Å². The van der Waals surface area contributed by atoms with Crippen LogP contribution in [0.25, 0.3) is 0 Å². The number of hydrogen-bond acceptors (Lipinski definition) is 3. The van der Waals surface area contributed by atoms with Crippen LogP contribution in [0.2, 0.25) is 0 Å². The molecule has 1 aliphatic rings. The number of nitrogens with zero attached hydrogens (tertiary/aromatic N) is 3. The van der Waals surface area contributed by atoms with Gasteiger partial charge in [-0.1, -0.05) is 37.3 Å². The molecular weight excluding hydrogens is 206 g/mol. The third kappa shape index (κ3) is 2.81. The van der Waals surface area contributed by atoms with Crippen LogP contribution in [0.4, 0.5) is 0 Å². The van der Waals surface area contributed by atoms with Gasteiger partial charge in [0.05, 0.1) is 6.20 Å². The predicted molar refractivity (Wildman–Crippen MR) is 58.2 cm³/mol. The van der Waals surface area contributed by atoms with Gasteiger partial charge in [0, 0.05) is 6.54 Å². The van der Waals surface area contributed by atoms with Crippen LogP contribution in [0.5, 0.6) is 0 Å². The third-order valence-corrected chi connectivity index (χ3v) is 3.25. The lowest BCUT2D eigenvalue weighted by Gasteiger charge is -2.20. The molecule has 1 N–H and O–H groups in total. The van der Waals surface area contributed by atoms with Gasteiger partial charge < -0.3 is 5.11 Å². The van der Waals surface area contributed by atoms with Crippen molar-refractivity contribution in [3.63, 3.8) is 0 Å². The van der Waals surface area contributed by atoms with Gasteiger partial charge in [0.1, 0.15) is 0 Å². The standard InChI is InChI=1S/C11H17N3O2/c15-11(16)10-8-14(13-12-10)7-6-9-4-2-1-3-5-9/h8-9H,1-7H2,(H,15,16). The molecule has 0 amide bonds. The number of aryl methyl sites for hydroxylation is 1. The number of carbonyl (C=O) groups is 1. The number of aromatic nitrogens is 3. The van der Waals surface area contributed by atoms with Crippen molar-refractivity contribution in [2.45, 2.75) is 45.1 Å². The molecular formula is C11H17N3O2. The third-order valence-electron chi connectivity index (χ3n) is 3.25. The van der Waals surface area contributed by atoms with Crippen LogP contribution in [0.1, 0.15) is 49.0 Å². The number of hydrogen-bond donors (Lipinski definition) is 1. The molecule has 1 aliphatic carbocycles. The first-order chi connectivity index (χ1) is 7.75. The molecule has 5 heteroatoms. The molecule has 1 aromatic heterocycles. The fourth-order valence-corrected chi connectivity index (χ4v) is 2.30. The first kappa shape index (κ1) is 11.1. The average Bonchev–Trinajstić information content (AvgIpc) is 2.76. The lowest BCUT2D eigenvalue weighted by atomic mass is 9.87. The van der Waals surface area contributed by atoms with Crippen molar-refractivity contribution in [2.24, 2.45) is 5.92 Å². The number of carboxylic acid groups (broad SMARTS) is 1. The van der Waals surface area contributed by atoms with Gasteiger partial charge in [-0.05, 0) is 12.3 Å². The van der Waals surface area contributed by atoms with E-state index in [0.29, 0.717) is 0 Å². The zero-order valence-corrected chi connectivity index (χ0v) is 9.30. The van der Waals surface area contributed by atoms with E-state index >= 15 is 0 Å². The molecule has 0 unspecified atom stereocenters. The van der Waals surface area contributed by atoms with E-state index < -0.39 is 5.97 Å². The Kier molecular flexibility index (Phi) is 3.54. The summed E-state index contributed by atoms with van der Waals surface area (Å²) < 4.78 is 1.64. The van der Waals surface area contributed by atoms with Gasteiger partial charge in [-0.15, -0.1) is 5.10 Å². The lowest BCUT2D eigenvalue weighted by Crippen LogP contribution is -2.10. The summed E-state index contributed by atoms with van der Waals surface area (Å²) in [6.45, 7) is 0.783. The van der Waals surface area contributed by atoms with E-state index in [1.807, 2.05) is 0 Å². The van der Waals surface area contributed by atoms with Gasteiger partial charge in [0.25, 0.3) is 0 Å². The monoisotopic (exact) mass is 223 g/mol. The van der Waals surface area contributed by atoms with Crippen LogP contribution in [0.3, 0.4) is 0 Å². The minimum atomic E-state index is -1.01. The normalized spacial score (nSPS) is 17.5. The van der Waals surface area contributed by atoms with Crippen LogP contribution in [-0.2, 0) is 6.54 Å². The summed E-state index contributed by atoms with van der Waals surface area (Å²) >= 11 is 0. The second kappa shape index (κ2) is 5.09. The summed E-state index contributed by atoms with van der Waals surface area (Å²) in [5, 5.41) is 16.1. The summed E-state index contributed by atoms with van der Waals surface area (Å²) in [6.07, 6.45) is 9.24. The predicted octanol–water partition coefficient (Wildman–Crippen LogP) is 1.95. The molecule has 1 saturated carbocycles. The van der Waals surface area contributed by atoms with Gasteiger partial charge in [-0.2, -0.15) is 0 Å². The largest absolute Gasteiger partial charge is 0.476 e. The van der Waals surface area contributed by atoms with Gasteiger partial charge in [0.2, 0.25) is 0 Å². The highest BCUT2D eigenvalue weighted by atomic mass is 16.4. The Labute approximate surface area is 94.5 Å². The zero-order valence-electron chi connectivity index (χ0n) is 9.30. The molecule has 0 bridgehead atoms. The van der Waals surface area contributed by atoms with Crippen LogP contribution in [-0.4, -0.2) is 26.1 Å². The van der Waals surface area contributed by atoms with Gasteiger partial charge in [-0.3, -0.25) is 4.68 Å². The topological polar surface area (TPSA) is 68.0 Å². The van der Waals surface area contributed by atoms with Crippen LogP contribution in [0.15, 0.2) is 6.20 Å². The molecule has 1 fully saturated rings. The highest BCUT2D eigenvalue weighted by molar-refractivity contribution is 5.84. The van der Waals surface area contributed by atoms with Crippen LogP contribution < -0.4 is 0 Å². The van der Waals surface area contributed by atoms with E-state index in [0.717, 1.165) is 18.9 Å². The Balaban J connectivity index is 1.81.